The summed E-state index contributed by atoms with van der Waals surface area (Å²) in [5, 5.41) is 10.0. The Labute approximate surface area is 168 Å². The largest absolute Gasteiger partial charge is 0.350 e. The van der Waals surface area contributed by atoms with E-state index in [4.69, 9.17) is 11.6 Å². The lowest BCUT2D eigenvalue weighted by Gasteiger charge is -2.01. The van der Waals surface area contributed by atoms with Gasteiger partial charge in [-0.25, -0.2) is 0 Å². The molecule has 5 heteroatoms. The number of hydrogen-bond donors (Lipinski definition) is 0. The maximum atomic E-state index is 12.7. The number of allylic oxidation sites excluding steroid dienone is 1. The zero-order valence-electron chi connectivity index (χ0n) is 15.4. The third kappa shape index (κ3) is 4.11. The van der Waals surface area contributed by atoms with E-state index in [0.717, 1.165) is 5.56 Å². The van der Waals surface area contributed by atoms with Crippen LogP contribution in [0.15, 0.2) is 66.4 Å². The molecule has 4 nitrogen and oxygen atoms in total. The molecule has 0 radical (unpaired) electrons. The molecule has 0 aliphatic rings. The zero-order valence-corrected chi connectivity index (χ0v) is 16.2. The number of aryl methyl sites for hydroxylation is 2. The van der Waals surface area contributed by atoms with Gasteiger partial charge in [0.1, 0.15) is 11.6 Å². The van der Waals surface area contributed by atoms with Gasteiger partial charge in [0, 0.05) is 40.7 Å². The number of rotatable bonds is 5. The van der Waals surface area contributed by atoms with Crippen LogP contribution in [0.3, 0.4) is 0 Å². The van der Waals surface area contributed by atoms with Gasteiger partial charge in [-0.2, -0.15) is 5.26 Å². The average molecular weight is 389 g/mol. The van der Waals surface area contributed by atoms with Crippen LogP contribution in [0.5, 0.6) is 0 Å². The van der Waals surface area contributed by atoms with Crippen molar-refractivity contribution < 1.29 is 9.59 Å². The number of ketones is 2. The summed E-state index contributed by atoms with van der Waals surface area (Å²) in [6.07, 6.45) is 3.18. The van der Waals surface area contributed by atoms with Crippen molar-refractivity contribution in [1.82, 2.24) is 4.57 Å². The molecule has 0 N–H and O–H groups in total. The first-order valence-electron chi connectivity index (χ1n) is 8.59. The summed E-state index contributed by atoms with van der Waals surface area (Å²) in [6, 6.07) is 17.3. The summed E-state index contributed by atoms with van der Waals surface area (Å²) in [6.45, 7) is 1.93. The third-order valence-corrected chi connectivity index (χ3v) is 4.64. The number of hydrogen-bond acceptors (Lipinski definition) is 3. The highest BCUT2D eigenvalue weighted by molar-refractivity contribution is 6.30. The highest BCUT2D eigenvalue weighted by Crippen LogP contribution is 2.19. The number of Topliss-reactive ketones (excluding diaryl/α,β-unsaturated/α-hetero) is 1. The molecule has 0 saturated heterocycles. The second kappa shape index (κ2) is 8.08. The minimum absolute atomic E-state index is 0.00976. The second-order valence-electron chi connectivity index (χ2n) is 6.47. The number of carbonyl (C=O) groups is 2. The minimum Gasteiger partial charge on any atom is -0.350 e. The lowest BCUT2D eigenvalue weighted by atomic mass is 10.0. The lowest BCUT2D eigenvalue weighted by Crippen LogP contribution is -2.02. The molecule has 3 rings (SSSR count). The number of aromatic nitrogens is 1. The predicted molar refractivity (Wildman–Crippen MR) is 109 cm³/mol. The number of nitrogens with zero attached hydrogens (tertiary/aromatic N) is 2. The highest BCUT2D eigenvalue weighted by Gasteiger charge is 2.16. The Bertz CT molecular complexity index is 1110. The molecular formula is C23H17ClN2O2. The van der Waals surface area contributed by atoms with Gasteiger partial charge in [-0.05, 0) is 43.3 Å². The number of nitriles is 1. The molecule has 0 fully saturated rings. The molecule has 1 aromatic heterocycles. The normalized spacial score (nSPS) is 11.1. The van der Waals surface area contributed by atoms with Crippen LogP contribution in [-0.2, 0) is 7.05 Å². The molecule has 28 heavy (non-hydrogen) atoms. The smallest absolute Gasteiger partial charge is 0.203 e. The molecule has 3 aromatic rings. The van der Waals surface area contributed by atoms with Crippen molar-refractivity contribution in [3.63, 3.8) is 0 Å². The van der Waals surface area contributed by atoms with E-state index in [-0.39, 0.29) is 17.1 Å². The van der Waals surface area contributed by atoms with Crippen LogP contribution >= 0.6 is 11.6 Å². The highest BCUT2D eigenvalue weighted by atomic mass is 35.5. The van der Waals surface area contributed by atoms with Crippen LogP contribution in [-0.4, -0.2) is 16.1 Å². The van der Waals surface area contributed by atoms with Gasteiger partial charge in [-0.1, -0.05) is 41.4 Å². The van der Waals surface area contributed by atoms with Crippen molar-refractivity contribution in [1.29, 1.82) is 5.26 Å². The van der Waals surface area contributed by atoms with E-state index in [0.29, 0.717) is 27.4 Å². The topological polar surface area (TPSA) is 62.9 Å². The number of carbonyl (C=O) groups excluding carboxylic acids is 2. The molecule has 2 aromatic carbocycles. The van der Waals surface area contributed by atoms with Gasteiger partial charge >= 0.3 is 0 Å². The first kappa shape index (κ1) is 19.3. The van der Waals surface area contributed by atoms with E-state index in [1.807, 2.05) is 25.1 Å². The lowest BCUT2D eigenvalue weighted by molar-refractivity contribution is 0.103. The monoisotopic (exact) mass is 388 g/mol. The molecule has 0 amide bonds. The molecule has 0 bridgehead atoms. The SMILES string of the molecule is Cc1ccc(C(=O)/C(C#N)=C/c2cc(C(=O)c3ccc(Cl)cc3)cn2C)cc1. The fourth-order valence-electron chi connectivity index (χ4n) is 2.77. The van der Waals surface area contributed by atoms with Gasteiger partial charge in [0.2, 0.25) is 5.78 Å². The second-order valence-corrected chi connectivity index (χ2v) is 6.90. The van der Waals surface area contributed by atoms with Crippen LogP contribution in [0.2, 0.25) is 5.02 Å². The minimum atomic E-state index is -0.353. The van der Waals surface area contributed by atoms with E-state index in [2.05, 4.69) is 0 Å². The summed E-state index contributed by atoms with van der Waals surface area (Å²) in [5.41, 5.74) is 3.07. The van der Waals surface area contributed by atoms with Crippen molar-refractivity contribution in [2.45, 2.75) is 6.92 Å². The standard InChI is InChI=1S/C23H17ClN2O2/c1-15-3-5-16(6-4-15)22(27)18(13-25)11-21-12-19(14-26(21)2)23(28)17-7-9-20(24)10-8-17/h3-12,14H,1-2H3/b18-11+. The Morgan fingerprint density at radius 2 is 1.61 bits per heavy atom. The molecule has 0 saturated carbocycles. The van der Waals surface area contributed by atoms with Crippen LogP contribution in [0.25, 0.3) is 6.08 Å². The maximum Gasteiger partial charge on any atom is 0.203 e. The molecule has 0 spiro atoms. The fourth-order valence-corrected chi connectivity index (χ4v) is 2.90. The molecular weight excluding hydrogens is 372 g/mol. The molecule has 1 heterocycles. The number of halogens is 1. The van der Waals surface area contributed by atoms with Gasteiger partial charge in [0.25, 0.3) is 0 Å². The first-order chi connectivity index (χ1) is 13.4. The van der Waals surface area contributed by atoms with Gasteiger partial charge < -0.3 is 4.57 Å². The third-order valence-electron chi connectivity index (χ3n) is 4.38. The average Bonchev–Trinajstić information content (AvgIpc) is 3.06. The molecule has 0 unspecified atom stereocenters. The quantitative estimate of drug-likeness (QED) is 0.350. The van der Waals surface area contributed by atoms with Crippen LogP contribution in [0, 0.1) is 18.3 Å². The number of benzene rings is 2. The maximum absolute atomic E-state index is 12.7. The van der Waals surface area contributed by atoms with Gasteiger partial charge in [0.05, 0.1) is 0 Å². The Morgan fingerprint density at radius 1 is 1.00 bits per heavy atom. The van der Waals surface area contributed by atoms with E-state index in [1.165, 1.54) is 6.08 Å². The first-order valence-corrected chi connectivity index (χ1v) is 8.96. The zero-order chi connectivity index (χ0) is 20.3. The fraction of sp³-hybridized carbons (Fsp3) is 0.0870. The Balaban J connectivity index is 1.91. The predicted octanol–water partition coefficient (Wildman–Crippen LogP) is 5.01. The summed E-state index contributed by atoms with van der Waals surface area (Å²) >= 11 is 5.87. The van der Waals surface area contributed by atoms with E-state index in [1.54, 1.807) is 60.3 Å². The molecule has 0 aliphatic heterocycles. The summed E-state index contributed by atoms with van der Waals surface area (Å²) in [4.78, 5) is 25.3. The van der Waals surface area contributed by atoms with Gasteiger partial charge in [-0.15, -0.1) is 0 Å². The van der Waals surface area contributed by atoms with E-state index in [9.17, 15) is 14.9 Å². The van der Waals surface area contributed by atoms with Crippen molar-refractivity contribution in [3.05, 3.63) is 99.3 Å². The Morgan fingerprint density at radius 3 is 2.21 bits per heavy atom. The summed E-state index contributed by atoms with van der Waals surface area (Å²) < 4.78 is 1.71. The molecule has 0 atom stereocenters. The van der Waals surface area contributed by atoms with Crippen molar-refractivity contribution in [2.75, 3.05) is 0 Å². The van der Waals surface area contributed by atoms with Gasteiger partial charge in [-0.3, -0.25) is 9.59 Å². The van der Waals surface area contributed by atoms with Crippen molar-refractivity contribution in [3.8, 4) is 6.07 Å². The molecule has 138 valence electrons. The summed E-state index contributed by atoms with van der Waals surface area (Å²) in [5.74, 6) is -0.510. The van der Waals surface area contributed by atoms with E-state index >= 15 is 0 Å². The van der Waals surface area contributed by atoms with Crippen molar-refractivity contribution >= 4 is 29.2 Å². The Hall–Kier alpha value is -3.42. The van der Waals surface area contributed by atoms with Crippen LogP contribution in [0.4, 0.5) is 0 Å². The summed E-state index contributed by atoms with van der Waals surface area (Å²) in [7, 11) is 1.76. The molecule has 0 aliphatic carbocycles. The van der Waals surface area contributed by atoms with Crippen molar-refractivity contribution in [2.24, 2.45) is 7.05 Å². The van der Waals surface area contributed by atoms with Crippen LogP contribution in [0.1, 0.15) is 37.5 Å². The Kier molecular flexibility index (Phi) is 5.58. The van der Waals surface area contributed by atoms with E-state index < -0.39 is 0 Å². The van der Waals surface area contributed by atoms with Gasteiger partial charge in [0.15, 0.2) is 5.78 Å². The van der Waals surface area contributed by atoms with Crippen LogP contribution < -0.4 is 0 Å².